The Morgan fingerprint density at radius 3 is 2.54 bits per heavy atom. The molecule has 3 rings (SSSR count). The molecule has 1 aromatic heterocycles. The van der Waals surface area contributed by atoms with Gasteiger partial charge < -0.3 is 9.47 Å². The highest BCUT2D eigenvalue weighted by Gasteiger charge is 2.39. The summed E-state index contributed by atoms with van der Waals surface area (Å²) >= 11 is 6.91. The Labute approximate surface area is 227 Å². The summed E-state index contributed by atoms with van der Waals surface area (Å²) in [5.41, 5.74) is 3.74. The minimum absolute atomic E-state index is 0.0363. The first-order valence-electron chi connectivity index (χ1n) is 12.1. The van der Waals surface area contributed by atoms with Crippen LogP contribution in [0.2, 0.25) is 0 Å². The molecule has 1 saturated carbocycles. The number of ether oxygens (including phenoxy) is 2. The first-order chi connectivity index (χ1) is 17.3. The molecule has 8 heteroatoms. The number of benzene rings is 1. The number of aliphatic imine (C=N–C) groups is 1. The molecule has 2 atom stereocenters. The van der Waals surface area contributed by atoms with Crippen LogP contribution in [0.4, 0.5) is 9.18 Å². The number of allylic oxidation sites excluding steroid dienone is 5. The monoisotopic (exact) mass is 544 g/mol. The van der Waals surface area contributed by atoms with E-state index in [-0.39, 0.29) is 11.2 Å². The van der Waals surface area contributed by atoms with Gasteiger partial charge in [-0.2, -0.15) is 0 Å². The van der Waals surface area contributed by atoms with Gasteiger partial charge in [0.2, 0.25) is 0 Å². The second-order valence-electron chi connectivity index (χ2n) is 10.6. The minimum atomic E-state index is -0.887. The number of hydrogen-bond donors (Lipinski definition) is 0. The second kappa shape index (κ2) is 11.7. The van der Waals surface area contributed by atoms with E-state index in [2.05, 4.69) is 32.0 Å². The van der Waals surface area contributed by atoms with Crippen molar-refractivity contribution in [1.82, 2.24) is 4.98 Å². The van der Waals surface area contributed by atoms with E-state index in [4.69, 9.17) is 26.1 Å². The van der Waals surface area contributed by atoms with Crippen LogP contribution in [0.1, 0.15) is 65.8 Å². The van der Waals surface area contributed by atoms with E-state index in [1.54, 1.807) is 12.3 Å². The average Bonchev–Trinajstić information content (AvgIpc) is 3.16. The number of nitrogens with zero attached hydrogens (tertiary/aromatic N) is 2. The Morgan fingerprint density at radius 2 is 1.95 bits per heavy atom. The Kier molecular flexibility index (Phi) is 9.13. The van der Waals surface area contributed by atoms with E-state index in [1.807, 2.05) is 33.8 Å². The van der Waals surface area contributed by atoms with Crippen molar-refractivity contribution < 1.29 is 18.7 Å². The summed E-state index contributed by atoms with van der Waals surface area (Å²) in [6.45, 7) is 20.0. The molecule has 1 heterocycles. The lowest BCUT2D eigenvalue weighted by Gasteiger charge is -2.39. The van der Waals surface area contributed by atoms with Gasteiger partial charge in [-0.05, 0) is 63.5 Å². The minimum Gasteiger partial charge on any atom is -0.483 e. The number of rotatable bonds is 8. The lowest BCUT2D eigenvalue weighted by molar-refractivity contribution is -0.0338. The van der Waals surface area contributed by atoms with Gasteiger partial charge in [-0.1, -0.05) is 38.7 Å². The van der Waals surface area contributed by atoms with Crippen LogP contribution in [0.25, 0.3) is 15.8 Å². The fourth-order valence-electron chi connectivity index (χ4n) is 4.27. The number of fused-ring (bicyclic) bond motifs is 1. The van der Waals surface area contributed by atoms with E-state index >= 15 is 4.39 Å². The van der Waals surface area contributed by atoms with Gasteiger partial charge in [0, 0.05) is 35.5 Å². The summed E-state index contributed by atoms with van der Waals surface area (Å²) in [6, 6.07) is 3.03. The molecule has 1 fully saturated rings. The average molecular weight is 545 g/mol. The third-order valence-electron chi connectivity index (χ3n) is 5.98. The molecule has 5 nitrogen and oxygen atoms in total. The van der Waals surface area contributed by atoms with E-state index in [0.717, 1.165) is 33.4 Å². The van der Waals surface area contributed by atoms with Crippen LogP contribution < -0.4 is 4.74 Å². The number of aromatic nitrogens is 1. The predicted octanol–water partition coefficient (Wildman–Crippen LogP) is 9.04. The zero-order chi connectivity index (χ0) is 27.5. The molecule has 0 saturated heterocycles. The molecule has 0 unspecified atom stereocenters. The Balaban J connectivity index is 2.06. The molecule has 198 valence electrons. The third-order valence-corrected chi connectivity index (χ3v) is 7.12. The third kappa shape index (κ3) is 7.62. The van der Waals surface area contributed by atoms with Crippen LogP contribution >= 0.6 is 22.9 Å². The van der Waals surface area contributed by atoms with Gasteiger partial charge in [0.15, 0.2) is 11.6 Å². The van der Waals surface area contributed by atoms with E-state index in [0.29, 0.717) is 29.1 Å². The quantitative estimate of drug-likeness (QED) is 0.189. The summed E-state index contributed by atoms with van der Waals surface area (Å²) in [4.78, 5) is 20.7. The molecule has 1 aromatic carbocycles. The zero-order valence-corrected chi connectivity index (χ0v) is 23.9. The van der Waals surface area contributed by atoms with Crippen molar-refractivity contribution in [2.75, 3.05) is 0 Å². The number of carbonyl (C=O) groups excluding carboxylic acids is 1. The number of thiazole rings is 1. The standard InChI is InChI=1S/C29H34ClFN2O3S/c1-16(2)11-19(26(18(5)6)32-15-17(3)4)27-33-21-12-20(31)23(13-25(21)37-27)35-24-14-29(7,8)10-9-22(24)36-28(30)34/h11-13,15,22,24H,3,5,9-10,14H2,1-2,4,6-8H3/b26-19-,32-15-/t22-,24+/m1/s1. The van der Waals surface area contributed by atoms with Crippen molar-refractivity contribution in [3.05, 3.63) is 64.6 Å². The van der Waals surface area contributed by atoms with Crippen LogP contribution in [-0.4, -0.2) is 28.8 Å². The van der Waals surface area contributed by atoms with Crippen molar-refractivity contribution in [3.63, 3.8) is 0 Å². The van der Waals surface area contributed by atoms with Gasteiger partial charge in [0.05, 0.1) is 15.9 Å². The molecular weight excluding hydrogens is 511 g/mol. The molecule has 0 aliphatic heterocycles. The Hall–Kier alpha value is -2.77. The zero-order valence-electron chi connectivity index (χ0n) is 22.3. The summed E-state index contributed by atoms with van der Waals surface area (Å²) in [5.74, 6) is -0.439. The lowest BCUT2D eigenvalue weighted by Crippen LogP contribution is -2.43. The van der Waals surface area contributed by atoms with Crippen molar-refractivity contribution >= 4 is 50.4 Å². The van der Waals surface area contributed by atoms with Gasteiger partial charge in [-0.3, -0.25) is 4.99 Å². The van der Waals surface area contributed by atoms with Crippen LogP contribution in [0.3, 0.4) is 0 Å². The number of halogens is 2. The van der Waals surface area contributed by atoms with Crippen LogP contribution in [-0.2, 0) is 4.74 Å². The maximum absolute atomic E-state index is 15.2. The van der Waals surface area contributed by atoms with Gasteiger partial charge in [-0.15, -0.1) is 11.3 Å². The highest BCUT2D eigenvalue weighted by atomic mass is 35.5. The van der Waals surface area contributed by atoms with Crippen molar-refractivity contribution in [2.24, 2.45) is 10.4 Å². The van der Waals surface area contributed by atoms with Gasteiger partial charge in [0.25, 0.3) is 0 Å². The highest BCUT2D eigenvalue weighted by molar-refractivity contribution is 7.19. The van der Waals surface area contributed by atoms with E-state index < -0.39 is 23.5 Å². The predicted molar refractivity (Wildman–Crippen MR) is 152 cm³/mol. The molecular formula is C29H34ClFN2O3S. The molecule has 0 radical (unpaired) electrons. The second-order valence-corrected chi connectivity index (χ2v) is 11.9. The first kappa shape index (κ1) is 28.8. The summed E-state index contributed by atoms with van der Waals surface area (Å²) in [6.07, 6.45) is 4.68. The van der Waals surface area contributed by atoms with Crippen molar-refractivity contribution in [3.8, 4) is 5.75 Å². The number of hydrogen-bond acceptors (Lipinski definition) is 6. The lowest BCUT2D eigenvalue weighted by atomic mass is 9.75. The molecule has 0 amide bonds. The SMILES string of the molecule is C=C(C)/C=N\C(C(=C)C)=C(\C=C(C)C)c1nc2cc(F)c(O[C@H]3CC(C)(C)CC[C@H]3OC(=O)Cl)cc2s1. The Morgan fingerprint density at radius 1 is 1.24 bits per heavy atom. The molecule has 0 bridgehead atoms. The van der Waals surface area contributed by atoms with Gasteiger partial charge in [-0.25, -0.2) is 14.2 Å². The maximum atomic E-state index is 15.2. The Bertz CT molecular complexity index is 1320. The molecule has 0 N–H and O–H groups in total. The topological polar surface area (TPSA) is 60.8 Å². The smallest absolute Gasteiger partial charge is 0.404 e. The maximum Gasteiger partial charge on any atom is 0.404 e. The summed E-state index contributed by atoms with van der Waals surface area (Å²) < 4.78 is 27.4. The molecule has 2 aromatic rings. The molecule has 0 spiro atoms. The van der Waals surface area contributed by atoms with E-state index in [1.165, 1.54) is 17.4 Å². The fraction of sp³-hybridized carbons (Fsp3) is 0.414. The first-order valence-corrected chi connectivity index (χ1v) is 13.3. The highest BCUT2D eigenvalue weighted by Crippen LogP contribution is 2.40. The summed E-state index contributed by atoms with van der Waals surface area (Å²) in [7, 11) is 0. The van der Waals surface area contributed by atoms with E-state index in [9.17, 15) is 4.79 Å². The molecule has 1 aliphatic carbocycles. The van der Waals surface area contributed by atoms with Gasteiger partial charge in [0.1, 0.15) is 17.2 Å². The van der Waals surface area contributed by atoms with Crippen LogP contribution in [0.5, 0.6) is 5.75 Å². The van der Waals surface area contributed by atoms with Crippen LogP contribution in [0.15, 0.2) is 58.8 Å². The van der Waals surface area contributed by atoms with Crippen molar-refractivity contribution in [2.45, 2.75) is 73.0 Å². The van der Waals surface area contributed by atoms with Crippen LogP contribution in [0, 0.1) is 11.2 Å². The normalized spacial score (nSPS) is 19.9. The molecule has 37 heavy (non-hydrogen) atoms. The molecule has 1 aliphatic rings. The fourth-order valence-corrected chi connectivity index (χ4v) is 5.38. The van der Waals surface area contributed by atoms with Crippen molar-refractivity contribution in [1.29, 1.82) is 0 Å². The summed E-state index contributed by atoms with van der Waals surface area (Å²) in [5, 5.41) is 0.692. The van der Waals surface area contributed by atoms with Gasteiger partial charge >= 0.3 is 5.43 Å². The number of carbonyl (C=O) groups is 1. The largest absolute Gasteiger partial charge is 0.483 e.